The molecule has 142 valence electrons. The van der Waals surface area contributed by atoms with Crippen molar-refractivity contribution in [2.24, 2.45) is 21.7 Å². The minimum absolute atomic E-state index is 0.0337. The van der Waals surface area contributed by atoms with E-state index in [1.165, 1.54) is 10.6 Å². The third-order valence-corrected chi connectivity index (χ3v) is 7.32. The van der Waals surface area contributed by atoms with E-state index in [2.05, 4.69) is 70.3 Å². The number of unbranched alkanes of at least 4 members (excludes halogenated alkanes) is 1. The molecule has 1 aromatic rings. The number of hydrogen-bond acceptors (Lipinski definition) is 3. The van der Waals surface area contributed by atoms with Crippen LogP contribution in [0.2, 0.25) is 0 Å². The SMILES string of the molecule is Cc1sc(=NC(=O)C2C(C)(C)C2(C)C)n(CCCCNC(C)C)c1C. The van der Waals surface area contributed by atoms with Gasteiger partial charge in [-0.15, -0.1) is 11.3 Å². The lowest BCUT2D eigenvalue weighted by molar-refractivity contribution is -0.120. The first kappa shape index (κ1) is 20.4. The molecule has 1 amide bonds. The summed E-state index contributed by atoms with van der Waals surface area (Å²) in [4.78, 5) is 19.4. The van der Waals surface area contributed by atoms with Crippen LogP contribution in [0.3, 0.4) is 0 Å². The van der Waals surface area contributed by atoms with Gasteiger partial charge in [-0.3, -0.25) is 4.79 Å². The van der Waals surface area contributed by atoms with Crippen LogP contribution < -0.4 is 10.1 Å². The Morgan fingerprint density at radius 1 is 1.20 bits per heavy atom. The molecule has 0 aromatic carbocycles. The van der Waals surface area contributed by atoms with Gasteiger partial charge >= 0.3 is 0 Å². The van der Waals surface area contributed by atoms with Gasteiger partial charge in [0.1, 0.15) is 0 Å². The molecule has 1 saturated carbocycles. The number of rotatable bonds is 7. The van der Waals surface area contributed by atoms with Crippen molar-refractivity contribution in [1.29, 1.82) is 0 Å². The van der Waals surface area contributed by atoms with E-state index in [1.807, 2.05) is 0 Å². The van der Waals surface area contributed by atoms with Crippen LogP contribution in [0.25, 0.3) is 0 Å². The van der Waals surface area contributed by atoms with Gasteiger partial charge in [0.05, 0.1) is 5.92 Å². The van der Waals surface area contributed by atoms with E-state index in [1.54, 1.807) is 11.3 Å². The van der Waals surface area contributed by atoms with Gasteiger partial charge in [0.2, 0.25) is 0 Å². The van der Waals surface area contributed by atoms with Gasteiger partial charge in [-0.1, -0.05) is 41.5 Å². The van der Waals surface area contributed by atoms with Gasteiger partial charge in [0.15, 0.2) is 4.80 Å². The fourth-order valence-electron chi connectivity index (χ4n) is 3.70. The molecular formula is C20H35N3OS. The zero-order chi connectivity index (χ0) is 19.0. The van der Waals surface area contributed by atoms with Crippen molar-refractivity contribution in [2.75, 3.05) is 6.54 Å². The van der Waals surface area contributed by atoms with Crippen LogP contribution in [0.5, 0.6) is 0 Å². The van der Waals surface area contributed by atoms with Gasteiger partial charge < -0.3 is 9.88 Å². The van der Waals surface area contributed by atoms with Crippen LogP contribution in [0.4, 0.5) is 0 Å². The first-order valence-electron chi connectivity index (χ1n) is 9.49. The van der Waals surface area contributed by atoms with Crippen molar-refractivity contribution in [3.05, 3.63) is 15.4 Å². The molecule has 0 radical (unpaired) electrons. The minimum atomic E-state index is 0.0337. The molecule has 4 nitrogen and oxygen atoms in total. The van der Waals surface area contributed by atoms with E-state index in [4.69, 9.17) is 0 Å². The number of nitrogens with zero attached hydrogens (tertiary/aromatic N) is 2. The predicted octanol–water partition coefficient (Wildman–Crippen LogP) is 4.05. The van der Waals surface area contributed by atoms with E-state index < -0.39 is 0 Å². The van der Waals surface area contributed by atoms with E-state index in [9.17, 15) is 4.79 Å². The summed E-state index contributed by atoms with van der Waals surface area (Å²) < 4.78 is 2.23. The van der Waals surface area contributed by atoms with Crippen molar-refractivity contribution in [2.45, 2.75) is 80.8 Å². The van der Waals surface area contributed by atoms with Gasteiger partial charge in [0.25, 0.3) is 5.91 Å². The summed E-state index contributed by atoms with van der Waals surface area (Å²) >= 11 is 1.64. The Bertz CT molecular complexity index is 680. The fraction of sp³-hybridized carbons (Fsp3) is 0.800. The summed E-state index contributed by atoms with van der Waals surface area (Å²) in [5.74, 6) is 0.0814. The van der Waals surface area contributed by atoms with Gasteiger partial charge in [-0.2, -0.15) is 4.99 Å². The summed E-state index contributed by atoms with van der Waals surface area (Å²) in [5, 5.41) is 3.46. The topological polar surface area (TPSA) is 46.4 Å². The molecule has 0 aliphatic heterocycles. The minimum Gasteiger partial charge on any atom is -0.321 e. The van der Waals surface area contributed by atoms with Crippen LogP contribution >= 0.6 is 11.3 Å². The predicted molar refractivity (Wildman–Crippen MR) is 106 cm³/mol. The summed E-state index contributed by atoms with van der Waals surface area (Å²) in [6.45, 7) is 19.2. The van der Waals surface area contributed by atoms with E-state index >= 15 is 0 Å². The smallest absolute Gasteiger partial charge is 0.252 e. The Kier molecular flexibility index (Phi) is 5.99. The summed E-state index contributed by atoms with van der Waals surface area (Å²) in [7, 11) is 0. The number of hydrogen-bond donors (Lipinski definition) is 1. The van der Waals surface area contributed by atoms with Crippen molar-refractivity contribution < 1.29 is 4.79 Å². The third kappa shape index (κ3) is 4.08. The number of carbonyl (C=O) groups excluding carboxylic acids is 1. The number of carbonyl (C=O) groups is 1. The van der Waals surface area contributed by atoms with Crippen molar-refractivity contribution in [3.63, 3.8) is 0 Å². The Morgan fingerprint density at radius 2 is 1.80 bits per heavy atom. The number of aromatic nitrogens is 1. The van der Waals surface area contributed by atoms with Crippen LogP contribution in [0.1, 0.15) is 65.0 Å². The highest BCUT2D eigenvalue weighted by Crippen LogP contribution is 2.68. The third-order valence-electron chi connectivity index (χ3n) is 6.22. The molecule has 1 aliphatic rings. The molecule has 1 aliphatic carbocycles. The van der Waals surface area contributed by atoms with Crippen molar-refractivity contribution in [3.8, 4) is 0 Å². The highest BCUT2D eigenvalue weighted by molar-refractivity contribution is 7.09. The Labute approximate surface area is 156 Å². The molecular weight excluding hydrogens is 330 g/mol. The monoisotopic (exact) mass is 365 g/mol. The molecule has 1 heterocycles. The molecule has 2 rings (SSSR count). The second-order valence-corrected chi connectivity index (χ2v) is 10.0. The molecule has 0 unspecified atom stereocenters. The quantitative estimate of drug-likeness (QED) is 0.741. The molecule has 1 aromatic heterocycles. The van der Waals surface area contributed by atoms with Gasteiger partial charge in [-0.05, 0) is 44.1 Å². The molecule has 0 spiro atoms. The van der Waals surface area contributed by atoms with Gasteiger partial charge in [0, 0.05) is 23.2 Å². The Morgan fingerprint density at radius 3 is 2.32 bits per heavy atom. The number of nitrogens with one attached hydrogen (secondary N) is 1. The van der Waals surface area contributed by atoms with Crippen LogP contribution in [-0.4, -0.2) is 23.1 Å². The second-order valence-electron chi connectivity index (χ2n) is 8.82. The van der Waals surface area contributed by atoms with Crippen LogP contribution in [0.15, 0.2) is 4.99 Å². The number of thiazole rings is 1. The fourth-order valence-corrected chi connectivity index (χ4v) is 4.71. The lowest BCUT2D eigenvalue weighted by Gasteiger charge is -2.09. The molecule has 0 saturated heterocycles. The highest BCUT2D eigenvalue weighted by Gasteiger charge is 2.68. The first-order valence-corrected chi connectivity index (χ1v) is 10.3. The molecule has 5 heteroatoms. The van der Waals surface area contributed by atoms with Crippen LogP contribution in [0, 0.1) is 30.6 Å². The summed E-state index contributed by atoms with van der Waals surface area (Å²) in [6, 6.07) is 0.534. The zero-order valence-corrected chi connectivity index (χ0v) is 18.0. The highest BCUT2D eigenvalue weighted by atomic mass is 32.1. The van der Waals surface area contributed by atoms with E-state index in [-0.39, 0.29) is 22.7 Å². The first-order chi connectivity index (χ1) is 11.5. The average molecular weight is 366 g/mol. The van der Waals surface area contributed by atoms with Gasteiger partial charge in [-0.25, -0.2) is 0 Å². The summed E-state index contributed by atoms with van der Waals surface area (Å²) in [6.07, 6.45) is 2.23. The van der Waals surface area contributed by atoms with E-state index in [0.29, 0.717) is 6.04 Å². The molecule has 0 bridgehead atoms. The van der Waals surface area contributed by atoms with E-state index in [0.717, 1.165) is 30.7 Å². The maximum absolute atomic E-state index is 12.7. The maximum Gasteiger partial charge on any atom is 0.252 e. The average Bonchev–Trinajstić information content (AvgIpc) is 2.74. The number of aryl methyl sites for hydroxylation is 1. The van der Waals surface area contributed by atoms with Crippen molar-refractivity contribution in [1.82, 2.24) is 9.88 Å². The molecule has 25 heavy (non-hydrogen) atoms. The molecule has 0 atom stereocenters. The van der Waals surface area contributed by atoms with Crippen molar-refractivity contribution >= 4 is 17.2 Å². The van der Waals surface area contributed by atoms with Crippen LogP contribution in [-0.2, 0) is 11.3 Å². The lowest BCUT2D eigenvalue weighted by atomic mass is 10.0. The molecule has 1 N–H and O–H groups in total. The Hall–Kier alpha value is -0.940. The zero-order valence-electron chi connectivity index (χ0n) is 17.2. The molecule has 1 fully saturated rings. The normalized spacial score (nSPS) is 19.6. The number of amides is 1. The Balaban J connectivity index is 2.11. The summed E-state index contributed by atoms with van der Waals surface area (Å²) in [5.41, 5.74) is 1.33. The lowest BCUT2D eigenvalue weighted by Crippen LogP contribution is -2.24. The largest absolute Gasteiger partial charge is 0.321 e. The maximum atomic E-state index is 12.7. The standard InChI is InChI=1S/C20H35N3OS/c1-13(2)21-11-9-10-12-23-14(3)15(4)25-18(23)22-17(24)16-19(5,6)20(16,7)8/h13,16,21H,9-12H2,1-8H3. The second kappa shape index (κ2) is 7.36.